The molecule has 0 fully saturated rings. The van der Waals surface area contributed by atoms with Crippen LogP contribution in [0.2, 0.25) is 0 Å². The van der Waals surface area contributed by atoms with Crippen LogP contribution >= 0.6 is 27.5 Å². The molecular formula is C12H12BrN3OS. The zero-order valence-electron chi connectivity index (χ0n) is 9.81. The maximum absolute atomic E-state index is 10.9. The van der Waals surface area contributed by atoms with Crippen molar-refractivity contribution in [3.63, 3.8) is 0 Å². The maximum Gasteiger partial charge on any atom is 0.202 e. The molecule has 0 bridgehead atoms. The summed E-state index contributed by atoms with van der Waals surface area (Å²) in [6.45, 7) is 2.23. The van der Waals surface area contributed by atoms with E-state index in [1.807, 2.05) is 24.3 Å². The van der Waals surface area contributed by atoms with Crippen molar-refractivity contribution in [2.24, 2.45) is 0 Å². The molecule has 0 aliphatic carbocycles. The fourth-order valence-electron chi connectivity index (χ4n) is 1.40. The van der Waals surface area contributed by atoms with E-state index < -0.39 is 0 Å². The van der Waals surface area contributed by atoms with Crippen LogP contribution in [0.3, 0.4) is 0 Å². The lowest BCUT2D eigenvalue weighted by molar-refractivity contribution is -0.116. The predicted octanol–water partition coefficient (Wildman–Crippen LogP) is 3.04. The van der Waals surface area contributed by atoms with Crippen molar-refractivity contribution in [3.05, 3.63) is 40.1 Å². The average Bonchev–Trinajstić information content (AvgIpc) is 2.75. The molecule has 0 amide bonds. The molecule has 2 aromatic rings. The van der Waals surface area contributed by atoms with Gasteiger partial charge in [0.2, 0.25) is 5.13 Å². The highest BCUT2D eigenvalue weighted by Gasteiger charge is 2.05. The van der Waals surface area contributed by atoms with E-state index in [9.17, 15) is 4.79 Å². The third-order valence-electron chi connectivity index (χ3n) is 2.23. The highest BCUT2D eigenvalue weighted by Crippen LogP contribution is 2.15. The first-order valence-corrected chi connectivity index (χ1v) is 7.00. The minimum absolute atomic E-state index is 0.0762. The number of nitrogens with one attached hydrogen (secondary N) is 1. The van der Waals surface area contributed by atoms with Crippen molar-refractivity contribution < 1.29 is 4.79 Å². The van der Waals surface area contributed by atoms with Crippen molar-refractivity contribution in [3.8, 4) is 0 Å². The number of aromatic nitrogens is 2. The first-order chi connectivity index (χ1) is 8.63. The summed E-state index contributed by atoms with van der Waals surface area (Å²) in [6, 6.07) is 8.07. The van der Waals surface area contributed by atoms with Crippen LogP contribution in [-0.2, 0) is 17.8 Å². The first kappa shape index (κ1) is 13.2. The Bertz CT molecular complexity index is 539. The molecule has 0 spiro atoms. The van der Waals surface area contributed by atoms with Gasteiger partial charge in [0.25, 0.3) is 0 Å². The van der Waals surface area contributed by atoms with E-state index in [0.29, 0.717) is 18.8 Å². The minimum atomic E-state index is 0.0762. The number of carbonyl (C=O) groups is 1. The van der Waals surface area contributed by atoms with Crippen molar-refractivity contribution in [1.29, 1.82) is 0 Å². The number of halogens is 1. The topological polar surface area (TPSA) is 54.9 Å². The highest BCUT2D eigenvalue weighted by atomic mass is 79.9. The maximum atomic E-state index is 10.9. The van der Waals surface area contributed by atoms with Gasteiger partial charge < -0.3 is 5.32 Å². The van der Waals surface area contributed by atoms with E-state index in [1.165, 1.54) is 24.0 Å². The van der Waals surface area contributed by atoms with Gasteiger partial charge in [-0.25, -0.2) is 4.98 Å². The van der Waals surface area contributed by atoms with E-state index in [1.54, 1.807) is 0 Å². The van der Waals surface area contributed by atoms with Gasteiger partial charge in [-0.2, -0.15) is 4.37 Å². The molecule has 0 saturated heterocycles. The smallest absolute Gasteiger partial charge is 0.202 e. The number of hydrogen-bond acceptors (Lipinski definition) is 5. The molecule has 0 radical (unpaired) electrons. The van der Waals surface area contributed by atoms with Crippen LogP contribution in [0.25, 0.3) is 0 Å². The van der Waals surface area contributed by atoms with E-state index in [-0.39, 0.29) is 5.78 Å². The number of hydrogen-bond donors (Lipinski definition) is 1. The van der Waals surface area contributed by atoms with Crippen LogP contribution < -0.4 is 5.32 Å². The van der Waals surface area contributed by atoms with Crippen LogP contribution in [0, 0.1) is 0 Å². The van der Waals surface area contributed by atoms with Crippen LogP contribution in [-0.4, -0.2) is 15.1 Å². The van der Waals surface area contributed by atoms with Crippen LogP contribution in [0.15, 0.2) is 28.7 Å². The molecule has 94 valence electrons. The zero-order valence-corrected chi connectivity index (χ0v) is 12.2. The number of Topliss-reactive ketones (excluding diaryl/α,β-unsaturated/α-hetero) is 1. The Morgan fingerprint density at radius 3 is 2.78 bits per heavy atom. The molecule has 0 aliphatic rings. The minimum Gasteiger partial charge on any atom is -0.356 e. The predicted molar refractivity (Wildman–Crippen MR) is 75.8 cm³/mol. The fraction of sp³-hybridized carbons (Fsp3) is 0.250. The van der Waals surface area contributed by atoms with E-state index in [0.717, 1.165) is 9.60 Å². The van der Waals surface area contributed by atoms with Crippen molar-refractivity contribution in [1.82, 2.24) is 9.36 Å². The number of carbonyl (C=O) groups excluding carboxylic acids is 1. The lowest BCUT2D eigenvalue weighted by Crippen LogP contribution is -2.01. The zero-order chi connectivity index (χ0) is 13.0. The third kappa shape index (κ3) is 3.89. The van der Waals surface area contributed by atoms with Crippen molar-refractivity contribution in [2.45, 2.75) is 19.9 Å². The van der Waals surface area contributed by atoms with Gasteiger partial charge in [0, 0.05) is 22.5 Å². The molecule has 0 atom stereocenters. The SMILES string of the molecule is CC(=O)Cc1nsc(NCc2ccc(Br)cc2)n1. The second-order valence-electron chi connectivity index (χ2n) is 3.87. The number of ketones is 1. The standard InChI is InChI=1S/C12H12BrN3OS/c1-8(17)6-11-15-12(18-16-11)14-7-9-2-4-10(13)5-3-9/h2-5H,6-7H2,1H3,(H,14,15,16). The van der Waals surface area contributed by atoms with E-state index in [2.05, 4.69) is 30.6 Å². The molecule has 1 heterocycles. The Hall–Kier alpha value is -1.27. The van der Waals surface area contributed by atoms with Gasteiger partial charge in [-0.3, -0.25) is 4.79 Å². The number of nitrogens with zero attached hydrogens (tertiary/aromatic N) is 2. The Labute approximate surface area is 118 Å². The molecule has 2 rings (SSSR count). The molecular weight excluding hydrogens is 314 g/mol. The molecule has 1 aromatic carbocycles. The summed E-state index contributed by atoms with van der Waals surface area (Å²) < 4.78 is 5.18. The lowest BCUT2D eigenvalue weighted by atomic mass is 10.2. The Morgan fingerprint density at radius 1 is 1.39 bits per heavy atom. The Kier molecular flexibility index (Phi) is 4.43. The molecule has 6 heteroatoms. The first-order valence-electron chi connectivity index (χ1n) is 5.44. The molecule has 18 heavy (non-hydrogen) atoms. The second kappa shape index (κ2) is 6.06. The van der Waals surface area contributed by atoms with Crippen molar-refractivity contribution in [2.75, 3.05) is 5.32 Å². The van der Waals surface area contributed by atoms with Crippen molar-refractivity contribution >= 4 is 38.4 Å². The highest BCUT2D eigenvalue weighted by molar-refractivity contribution is 9.10. The largest absolute Gasteiger partial charge is 0.356 e. The Morgan fingerprint density at radius 2 is 2.11 bits per heavy atom. The Balaban J connectivity index is 1.92. The van der Waals surface area contributed by atoms with Gasteiger partial charge in [0.1, 0.15) is 5.78 Å². The number of anilines is 1. The van der Waals surface area contributed by atoms with Crippen LogP contribution in [0.1, 0.15) is 18.3 Å². The second-order valence-corrected chi connectivity index (χ2v) is 5.54. The third-order valence-corrected chi connectivity index (χ3v) is 3.47. The molecule has 0 aliphatic heterocycles. The lowest BCUT2D eigenvalue weighted by Gasteiger charge is -2.02. The van der Waals surface area contributed by atoms with Crippen LogP contribution in [0.5, 0.6) is 0 Å². The fourth-order valence-corrected chi connectivity index (χ4v) is 2.24. The summed E-state index contributed by atoms with van der Waals surface area (Å²) in [7, 11) is 0. The molecule has 0 saturated carbocycles. The summed E-state index contributed by atoms with van der Waals surface area (Å²) in [6.07, 6.45) is 0.302. The number of benzene rings is 1. The molecule has 1 N–H and O–H groups in total. The quantitative estimate of drug-likeness (QED) is 0.918. The normalized spacial score (nSPS) is 10.3. The van der Waals surface area contributed by atoms with Gasteiger partial charge in [-0.1, -0.05) is 28.1 Å². The van der Waals surface area contributed by atoms with E-state index >= 15 is 0 Å². The average molecular weight is 326 g/mol. The van der Waals surface area contributed by atoms with Gasteiger partial charge in [-0.05, 0) is 24.6 Å². The van der Waals surface area contributed by atoms with Gasteiger partial charge >= 0.3 is 0 Å². The summed E-state index contributed by atoms with van der Waals surface area (Å²) in [5, 5.41) is 3.94. The number of rotatable bonds is 5. The van der Waals surface area contributed by atoms with Gasteiger partial charge in [-0.15, -0.1) is 0 Å². The summed E-state index contributed by atoms with van der Waals surface area (Å²) in [5.74, 6) is 0.665. The van der Waals surface area contributed by atoms with Crippen LogP contribution in [0.4, 0.5) is 5.13 Å². The molecule has 0 unspecified atom stereocenters. The molecule has 4 nitrogen and oxygen atoms in total. The summed E-state index contributed by atoms with van der Waals surface area (Å²) in [5.41, 5.74) is 1.17. The van der Waals surface area contributed by atoms with E-state index in [4.69, 9.17) is 0 Å². The molecule has 1 aromatic heterocycles. The van der Waals surface area contributed by atoms with Gasteiger partial charge in [0.15, 0.2) is 5.82 Å². The monoisotopic (exact) mass is 325 g/mol. The summed E-state index contributed by atoms with van der Waals surface area (Å²) >= 11 is 4.68. The summed E-state index contributed by atoms with van der Waals surface area (Å²) in [4.78, 5) is 15.2. The van der Waals surface area contributed by atoms with Gasteiger partial charge in [0.05, 0.1) is 6.42 Å².